The maximum Gasteiger partial charge on any atom is 0.347 e. The van der Waals surface area contributed by atoms with E-state index in [9.17, 15) is 14.4 Å². The summed E-state index contributed by atoms with van der Waals surface area (Å²) in [7, 11) is 1.48. The number of methoxy groups -OCH3 is 1. The van der Waals surface area contributed by atoms with Crippen LogP contribution in [-0.2, 0) is 11.3 Å². The average molecular weight is 429 g/mol. The Morgan fingerprint density at radius 3 is 2.47 bits per heavy atom. The van der Waals surface area contributed by atoms with Gasteiger partial charge in [-0.1, -0.05) is 24.3 Å². The van der Waals surface area contributed by atoms with Gasteiger partial charge in [0.05, 0.1) is 24.3 Å². The van der Waals surface area contributed by atoms with Crippen molar-refractivity contribution in [2.75, 3.05) is 12.4 Å². The molecule has 0 bridgehead atoms. The van der Waals surface area contributed by atoms with Gasteiger partial charge in [-0.05, 0) is 48.5 Å². The first kappa shape index (κ1) is 20.8. The first-order valence-electron chi connectivity index (χ1n) is 9.74. The zero-order valence-electron chi connectivity index (χ0n) is 17.1. The Bertz CT molecular complexity index is 1350. The predicted octanol–water partition coefficient (Wildman–Crippen LogP) is 3.26. The molecule has 1 heterocycles. The Labute approximate surface area is 183 Å². The molecule has 4 rings (SSSR count). The van der Waals surface area contributed by atoms with E-state index in [1.807, 2.05) is 0 Å². The van der Waals surface area contributed by atoms with Gasteiger partial charge >= 0.3 is 5.97 Å². The number of anilines is 1. The van der Waals surface area contributed by atoms with Crippen molar-refractivity contribution in [2.45, 2.75) is 6.54 Å². The normalized spacial score (nSPS) is 10.5. The number of nitrogens with one attached hydrogen (secondary N) is 1. The molecule has 0 unspecified atom stereocenters. The quantitative estimate of drug-likeness (QED) is 0.373. The highest BCUT2D eigenvalue weighted by molar-refractivity contribution is 5.94. The van der Waals surface area contributed by atoms with Crippen molar-refractivity contribution in [1.82, 2.24) is 9.55 Å². The third-order valence-corrected chi connectivity index (χ3v) is 4.72. The number of hydrogen-bond donors (Lipinski definition) is 1. The molecule has 0 radical (unpaired) electrons. The van der Waals surface area contributed by atoms with E-state index < -0.39 is 5.97 Å². The maximum atomic E-state index is 12.5. The number of rotatable bonds is 6. The molecule has 32 heavy (non-hydrogen) atoms. The molecule has 1 N–H and O–H groups in total. The zero-order valence-corrected chi connectivity index (χ0v) is 17.1. The number of fused-ring (bicyclic) bond motifs is 1. The van der Waals surface area contributed by atoms with Gasteiger partial charge in [-0.2, -0.15) is 0 Å². The first-order valence-corrected chi connectivity index (χ1v) is 9.74. The summed E-state index contributed by atoms with van der Waals surface area (Å²) in [6, 6.07) is 20.0. The number of esters is 1. The summed E-state index contributed by atoms with van der Waals surface area (Å²) in [5.41, 5.74) is 1.09. The lowest BCUT2D eigenvalue weighted by Crippen LogP contribution is -2.27. The highest BCUT2D eigenvalue weighted by Crippen LogP contribution is 2.21. The van der Waals surface area contributed by atoms with Gasteiger partial charge in [0.15, 0.2) is 0 Å². The summed E-state index contributed by atoms with van der Waals surface area (Å²) in [5.74, 6) is -0.209. The number of benzene rings is 3. The first-order chi connectivity index (χ1) is 15.5. The molecule has 0 spiro atoms. The van der Waals surface area contributed by atoms with E-state index in [0.29, 0.717) is 33.7 Å². The van der Waals surface area contributed by atoms with Crippen LogP contribution in [0.5, 0.6) is 11.5 Å². The van der Waals surface area contributed by atoms with Crippen molar-refractivity contribution in [3.8, 4) is 11.5 Å². The summed E-state index contributed by atoms with van der Waals surface area (Å²) in [6.07, 6.45) is 1.35. The van der Waals surface area contributed by atoms with Crippen molar-refractivity contribution in [3.05, 3.63) is 95.0 Å². The zero-order chi connectivity index (χ0) is 22.5. The smallest absolute Gasteiger partial charge is 0.347 e. The van der Waals surface area contributed by atoms with Gasteiger partial charge in [-0.25, -0.2) is 9.78 Å². The minimum Gasteiger partial charge on any atom is -0.496 e. The number of hydrogen-bond acceptors (Lipinski definition) is 6. The van der Waals surface area contributed by atoms with Crippen molar-refractivity contribution in [2.24, 2.45) is 0 Å². The Kier molecular flexibility index (Phi) is 5.94. The van der Waals surface area contributed by atoms with Crippen LogP contribution >= 0.6 is 0 Å². The van der Waals surface area contributed by atoms with Gasteiger partial charge in [0.2, 0.25) is 5.91 Å². The molecular formula is C24H19N3O5. The lowest BCUT2D eigenvalue weighted by Gasteiger charge is -2.10. The van der Waals surface area contributed by atoms with Crippen LogP contribution in [0.1, 0.15) is 10.4 Å². The lowest BCUT2D eigenvalue weighted by atomic mass is 10.2. The topological polar surface area (TPSA) is 99.5 Å². The fourth-order valence-electron chi connectivity index (χ4n) is 3.16. The van der Waals surface area contributed by atoms with Crippen molar-refractivity contribution >= 4 is 28.5 Å². The highest BCUT2D eigenvalue weighted by Gasteiger charge is 2.14. The van der Waals surface area contributed by atoms with Gasteiger partial charge in [-0.15, -0.1) is 0 Å². The molecule has 0 saturated carbocycles. The van der Waals surface area contributed by atoms with E-state index in [1.54, 1.807) is 72.8 Å². The van der Waals surface area contributed by atoms with E-state index in [1.165, 1.54) is 18.0 Å². The van der Waals surface area contributed by atoms with Gasteiger partial charge in [0.1, 0.15) is 23.6 Å². The van der Waals surface area contributed by atoms with Crippen LogP contribution < -0.4 is 20.3 Å². The van der Waals surface area contributed by atoms with E-state index in [-0.39, 0.29) is 18.0 Å². The van der Waals surface area contributed by atoms with E-state index in [0.717, 1.165) is 0 Å². The number of para-hydroxylation sites is 2. The fourth-order valence-corrected chi connectivity index (χ4v) is 3.16. The minimum atomic E-state index is -0.553. The molecule has 4 aromatic rings. The molecule has 0 aliphatic heterocycles. The van der Waals surface area contributed by atoms with Crippen LogP contribution in [0.25, 0.3) is 10.9 Å². The van der Waals surface area contributed by atoms with Gasteiger partial charge < -0.3 is 14.8 Å². The molecule has 160 valence electrons. The second-order valence-electron chi connectivity index (χ2n) is 6.86. The van der Waals surface area contributed by atoms with Crippen molar-refractivity contribution < 1.29 is 19.1 Å². The molecule has 0 atom stereocenters. The number of aromatic nitrogens is 2. The Hall–Kier alpha value is -4.46. The summed E-state index contributed by atoms with van der Waals surface area (Å²) >= 11 is 0. The second kappa shape index (κ2) is 9.13. The lowest BCUT2D eigenvalue weighted by molar-refractivity contribution is -0.116. The average Bonchev–Trinajstić information content (AvgIpc) is 2.82. The number of nitrogens with zero attached hydrogens (tertiary/aromatic N) is 2. The van der Waals surface area contributed by atoms with Crippen LogP contribution in [0, 0.1) is 0 Å². The van der Waals surface area contributed by atoms with E-state index in [4.69, 9.17) is 9.47 Å². The van der Waals surface area contributed by atoms with Crippen LogP contribution in [0.15, 0.2) is 83.9 Å². The molecule has 1 aromatic heterocycles. The van der Waals surface area contributed by atoms with Gasteiger partial charge in [-0.3, -0.25) is 14.2 Å². The van der Waals surface area contributed by atoms with E-state index in [2.05, 4.69) is 10.3 Å². The van der Waals surface area contributed by atoms with Crippen LogP contribution in [0.2, 0.25) is 0 Å². The Morgan fingerprint density at radius 1 is 0.969 bits per heavy atom. The third-order valence-electron chi connectivity index (χ3n) is 4.72. The SMILES string of the molecule is COc1ccccc1C(=O)Oc1ccc(NC(=O)Cn2cnc3ccccc3c2=O)cc1. The molecule has 0 aliphatic carbocycles. The van der Waals surface area contributed by atoms with E-state index >= 15 is 0 Å². The van der Waals surface area contributed by atoms with Gasteiger partial charge in [0.25, 0.3) is 5.56 Å². The summed E-state index contributed by atoms with van der Waals surface area (Å²) in [6.45, 7) is -0.179. The second-order valence-corrected chi connectivity index (χ2v) is 6.86. The van der Waals surface area contributed by atoms with Crippen LogP contribution in [0.3, 0.4) is 0 Å². The largest absolute Gasteiger partial charge is 0.496 e. The van der Waals surface area contributed by atoms with Crippen molar-refractivity contribution in [1.29, 1.82) is 0 Å². The summed E-state index contributed by atoms with van der Waals surface area (Å²) in [5, 5.41) is 3.16. The van der Waals surface area contributed by atoms with Crippen molar-refractivity contribution in [3.63, 3.8) is 0 Å². The number of carbonyl (C=O) groups excluding carboxylic acids is 2. The molecule has 3 aromatic carbocycles. The highest BCUT2D eigenvalue weighted by atomic mass is 16.5. The molecule has 8 heteroatoms. The fraction of sp³-hybridized carbons (Fsp3) is 0.0833. The molecule has 0 aliphatic rings. The maximum absolute atomic E-state index is 12.5. The molecule has 0 fully saturated rings. The van der Waals surface area contributed by atoms with Crippen LogP contribution in [-0.4, -0.2) is 28.5 Å². The Balaban J connectivity index is 1.40. The summed E-state index contributed by atoms with van der Waals surface area (Å²) < 4.78 is 11.8. The monoisotopic (exact) mass is 429 g/mol. The minimum absolute atomic E-state index is 0.179. The number of ether oxygens (including phenoxy) is 2. The Morgan fingerprint density at radius 2 is 1.69 bits per heavy atom. The standard InChI is InChI=1S/C24H19N3O5/c1-31-21-9-5-3-7-19(21)24(30)32-17-12-10-16(11-13-17)26-22(28)14-27-15-25-20-8-4-2-6-18(20)23(27)29/h2-13,15H,14H2,1H3,(H,26,28). The van der Waals surface area contributed by atoms with Gasteiger partial charge in [0, 0.05) is 5.69 Å². The van der Waals surface area contributed by atoms with Crippen LogP contribution in [0.4, 0.5) is 5.69 Å². The third kappa shape index (κ3) is 4.49. The molecule has 8 nitrogen and oxygen atoms in total. The number of carbonyl (C=O) groups is 2. The number of amides is 1. The summed E-state index contributed by atoms with van der Waals surface area (Å²) in [4.78, 5) is 41.5. The molecular weight excluding hydrogens is 410 g/mol. The molecule has 0 saturated heterocycles. The molecule has 1 amide bonds. The predicted molar refractivity (Wildman–Crippen MR) is 119 cm³/mol.